The second-order valence-electron chi connectivity index (χ2n) is 3.09. The maximum absolute atomic E-state index is 11.4. The van der Waals surface area contributed by atoms with Gasteiger partial charge in [0, 0.05) is 6.42 Å². The molecule has 0 spiro atoms. The minimum absolute atomic E-state index is 0.124. The molecule has 0 aromatic rings. The number of hydrogen-bond donors (Lipinski definition) is 0. The van der Waals surface area contributed by atoms with Crippen LogP contribution < -0.4 is 0 Å². The average molecular weight is 246 g/mol. The highest BCUT2D eigenvalue weighted by molar-refractivity contribution is 5.84. The van der Waals surface area contributed by atoms with E-state index in [9.17, 15) is 14.4 Å². The van der Waals surface area contributed by atoms with Gasteiger partial charge in [-0.1, -0.05) is 6.92 Å². The van der Waals surface area contributed by atoms with Crippen molar-refractivity contribution < 1.29 is 28.6 Å². The van der Waals surface area contributed by atoms with E-state index in [1.165, 1.54) is 0 Å². The van der Waals surface area contributed by atoms with Gasteiger partial charge in [-0.15, -0.1) is 0 Å². The lowest BCUT2D eigenvalue weighted by atomic mass is 10.2. The first kappa shape index (κ1) is 15.4. The van der Waals surface area contributed by atoms with Crippen LogP contribution in [0, 0.1) is 0 Å². The minimum Gasteiger partial charge on any atom is -0.466 e. The van der Waals surface area contributed by atoms with Crippen molar-refractivity contribution in [2.75, 3.05) is 13.2 Å². The highest BCUT2D eigenvalue weighted by atomic mass is 16.6. The van der Waals surface area contributed by atoms with Crippen molar-refractivity contribution in [2.24, 2.45) is 0 Å². The molecule has 6 nitrogen and oxygen atoms in total. The van der Waals surface area contributed by atoms with Crippen LogP contribution in [0.4, 0.5) is 0 Å². The molecule has 0 fully saturated rings. The Morgan fingerprint density at radius 3 is 2.00 bits per heavy atom. The third kappa shape index (κ3) is 6.55. The minimum atomic E-state index is -1.22. The SMILES string of the molecule is CCOC(=O)CC(OC(=O)CC)C(=O)OCC. The van der Waals surface area contributed by atoms with Gasteiger partial charge in [0.05, 0.1) is 19.6 Å². The Labute approximate surface area is 100 Å². The molecular formula is C11H18O6. The van der Waals surface area contributed by atoms with Crippen LogP contribution >= 0.6 is 0 Å². The Morgan fingerprint density at radius 2 is 1.53 bits per heavy atom. The van der Waals surface area contributed by atoms with Gasteiger partial charge in [-0.3, -0.25) is 9.59 Å². The summed E-state index contributed by atoms with van der Waals surface area (Å²) < 4.78 is 14.2. The largest absolute Gasteiger partial charge is 0.466 e. The van der Waals surface area contributed by atoms with Gasteiger partial charge in [-0.2, -0.15) is 0 Å². The van der Waals surface area contributed by atoms with E-state index in [4.69, 9.17) is 9.47 Å². The number of rotatable bonds is 7. The molecule has 0 rings (SSSR count). The van der Waals surface area contributed by atoms with Gasteiger partial charge in [0.15, 0.2) is 0 Å². The molecule has 0 amide bonds. The normalized spacial score (nSPS) is 11.5. The van der Waals surface area contributed by atoms with Crippen molar-refractivity contribution in [3.05, 3.63) is 0 Å². The van der Waals surface area contributed by atoms with E-state index in [0.717, 1.165) is 0 Å². The molecule has 6 heteroatoms. The molecule has 0 aromatic heterocycles. The smallest absolute Gasteiger partial charge is 0.348 e. The van der Waals surface area contributed by atoms with Gasteiger partial charge in [0.25, 0.3) is 0 Å². The topological polar surface area (TPSA) is 78.9 Å². The van der Waals surface area contributed by atoms with Gasteiger partial charge in [-0.25, -0.2) is 4.79 Å². The third-order valence-electron chi connectivity index (χ3n) is 1.77. The van der Waals surface area contributed by atoms with Gasteiger partial charge in [-0.05, 0) is 13.8 Å². The maximum atomic E-state index is 11.4. The van der Waals surface area contributed by atoms with Gasteiger partial charge < -0.3 is 14.2 Å². The first-order chi connectivity index (χ1) is 8.04. The zero-order chi connectivity index (χ0) is 13.3. The number of esters is 3. The number of carbonyl (C=O) groups excluding carboxylic acids is 3. The molecule has 0 heterocycles. The molecule has 0 saturated heterocycles. The fourth-order valence-corrected chi connectivity index (χ4v) is 1.02. The number of hydrogen-bond acceptors (Lipinski definition) is 6. The van der Waals surface area contributed by atoms with Crippen LogP contribution in [0.5, 0.6) is 0 Å². The van der Waals surface area contributed by atoms with Crippen LogP contribution in [-0.4, -0.2) is 37.2 Å². The summed E-state index contributed by atoms with van der Waals surface area (Å²) in [5.41, 5.74) is 0. The lowest BCUT2D eigenvalue weighted by Gasteiger charge is -2.15. The van der Waals surface area contributed by atoms with Crippen molar-refractivity contribution in [3.63, 3.8) is 0 Å². The van der Waals surface area contributed by atoms with E-state index in [1.54, 1.807) is 20.8 Å². The first-order valence-corrected chi connectivity index (χ1v) is 5.56. The standard InChI is InChI=1S/C11H18O6/c1-4-9(12)17-8(11(14)16-6-3)7-10(13)15-5-2/h8H,4-7H2,1-3H3. The Morgan fingerprint density at radius 1 is 0.941 bits per heavy atom. The summed E-state index contributed by atoms with van der Waals surface area (Å²) in [5, 5.41) is 0. The summed E-state index contributed by atoms with van der Waals surface area (Å²) in [6.07, 6.45) is -1.42. The molecular weight excluding hydrogens is 228 g/mol. The molecule has 1 unspecified atom stereocenters. The summed E-state index contributed by atoms with van der Waals surface area (Å²) >= 11 is 0. The summed E-state index contributed by atoms with van der Waals surface area (Å²) in [4.78, 5) is 33.7. The maximum Gasteiger partial charge on any atom is 0.348 e. The predicted molar refractivity (Wildman–Crippen MR) is 58.1 cm³/mol. The second kappa shape index (κ2) is 8.55. The van der Waals surface area contributed by atoms with E-state index in [-0.39, 0.29) is 26.1 Å². The lowest BCUT2D eigenvalue weighted by Crippen LogP contribution is -2.32. The van der Waals surface area contributed by atoms with Crippen LogP contribution in [0.3, 0.4) is 0 Å². The Balaban J connectivity index is 4.44. The highest BCUT2D eigenvalue weighted by Gasteiger charge is 2.27. The molecule has 0 aliphatic heterocycles. The average Bonchev–Trinajstić information content (AvgIpc) is 2.28. The monoisotopic (exact) mass is 246 g/mol. The fraction of sp³-hybridized carbons (Fsp3) is 0.727. The lowest BCUT2D eigenvalue weighted by molar-refractivity contribution is -0.171. The summed E-state index contributed by atoms with van der Waals surface area (Å²) in [7, 11) is 0. The molecule has 1 atom stereocenters. The van der Waals surface area contributed by atoms with E-state index in [0.29, 0.717) is 0 Å². The Kier molecular flexibility index (Phi) is 7.75. The highest BCUT2D eigenvalue weighted by Crippen LogP contribution is 2.05. The van der Waals surface area contributed by atoms with E-state index >= 15 is 0 Å². The van der Waals surface area contributed by atoms with Crippen molar-refractivity contribution in [1.29, 1.82) is 0 Å². The zero-order valence-corrected chi connectivity index (χ0v) is 10.4. The zero-order valence-electron chi connectivity index (χ0n) is 10.4. The van der Waals surface area contributed by atoms with Crippen molar-refractivity contribution >= 4 is 17.9 Å². The molecule has 98 valence electrons. The second-order valence-corrected chi connectivity index (χ2v) is 3.09. The molecule has 0 radical (unpaired) electrons. The van der Waals surface area contributed by atoms with Crippen LogP contribution in [-0.2, 0) is 28.6 Å². The van der Waals surface area contributed by atoms with E-state index < -0.39 is 24.0 Å². The fourth-order valence-electron chi connectivity index (χ4n) is 1.02. The number of carbonyl (C=O) groups is 3. The van der Waals surface area contributed by atoms with Crippen LogP contribution in [0.1, 0.15) is 33.6 Å². The van der Waals surface area contributed by atoms with Gasteiger partial charge in [0.2, 0.25) is 6.10 Å². The van der Waals surface area contributed by atoms with Crippen LogP contribution in [0.15, 0.2) is 0 Å². The van der Waals surface area contributed by atoms with Gasteiger partial charge in [0.1, 0.15) is 0 Å². The molecule has 0 aliphatic carbocycles. The predicted octanol–water partition coefficient (Wildman–Crippen LogP) is 0.825. The Bertz CT molecular complexity index is 273. The molecule has 0 N–H and O–H groups in total. The van der Waals surface area contributed by atoms with E-state index in [2.05, 4.69) is 4.74 Å². The Hall–Kier alpha value is -1.59. The van der Waals surface area contributed by atoms with Crippen molar-refractivity contribution in [2.45, 2.75) is 39.7 Å². The number of ether oxygens (including phenoxy) is 3. The molecule has 0 bridgehead atoms. The quantitative estimate of drug-likeness (QED) is 0.489. The van der Waals surface area contributed by atoms with Crippen LogP contribution in [0.25, 0.3) is 0 Å². The molecule has 0 aromatic carbocycles. The summed E-state index contributed by atoms with van der Waals surface area (Å²) in [6, 6.07) is 0. The van der Waals surface area contributed by atoms with Gasteiger partial charge >= 0.3 is 17.9 Å². The van der Waals surface area contributed by atoms with Crippen molar-refractivity contribution in [1.82, 2.24) is 0 Å². The van der Waals surface area contributed by atoms with E-state index in [1.807, 2.05) is 0 Å². The summed E-state index contributed by atoms with van der Waals surface area (Å²) in [6.45, 7) is 5.23. The molecule has 17 heavy (non-hydrogen) atoms. The third-order valence-corrected chi connectivity index (χ3v) is 1.77. The molecule has 0 aliphatic rings. The summed E-state index contributed by atoms with van der Waals surface area (Å²) in [5.74, 6) is -1.90. The van der Waals surface area contributed by atoms with Crippen molar-refractivity contribution in [3.8, 4) is 0 Å². The first-order valence-electron chi connectivity index (χ1n) is 5.56. The molecule has 0 saturated carbocycles. The van der Waals surface area contributed by atoms with Crippen LogP contribution in [0.2, 0.25) is 0 Å².